The van der Waals surface area contributed by atoms with Crippen molar-refractivity contribution in [2.75, 3.05) is 0 Å². The van der Waals surface area contributed by atoms with Gasteiger partial charge in [0.15, 0.2) is 0 Å². The maximum absolute atomic E-state index is 11.4. The third kappa shape index (κ3) is 2.62. The van der Waals surface area contributed by atoms with Crippen molar-refractivity contribution in [3.05, 3.63) is 35.4 Å². The highest BCUT2D eigenvalue weighted by atomic mass is 35.6. The van der Waals surface area contributed by atoms with Crippen molar-refractivity contribution >= 4 is 40.6 Å². The van der Waals surface area contributed by atoms with Crippen LogP contribution in [0, 0.1) is 11.3 Å². The molecule has 0 aromatic heterocycles. The quantitative estimate of drug-likeness (QED) is 0.566. The van der Waals surface area contributed by atoms with Gasteiger partial charge in [-0.15, -0.1) is 0 Å². The topological polar surface area (TPSA) is 40.9 Å². The Labute approximate surface area is 96.0 Å². The van der Waals surface area contributed by atoms with Crippen molar-refractivity contribution in [3.63, 3.8) is 0 Å². The largest absolute Gasteiger partial charge is 0.289 e. The molecule has 0 aliphatic rings. The van der Waals surface area contributed by atoms with E-state index in [1.807, 2.05) is 6.07 Å². The highest BCUT2D eigenvalue weighted by Crippen LogP contribution is 2.30. The Hall–Kier alpha value is -0.750. The lowest BCUT2D eigenvalue weighted by molar-refractivity contribution is 0.0996. The SMILES string of the molecule is N#Cc1cccc(C(=O)C(Cl)(Cl)Cl)c1. The van der Waals surface area contributed by atoms with Crippen molar-refractivity contribution < 1.29 is 4.79 Å². The van der Waals surface area contributed by atoms with Crippen LogP contribution >= 0.6 is 34.8 Å². The third-order valence-corrected chi connectivity index (χ3v) is 2.03. The van der Waals surface area contributed by atoms with Crippen LogP contribution in [0.25, 0.3) is 0 Å². The summed E-state index contributed by atoms with van der Waals surface area (Å²) in [7, 11) is 0. The van der Waals surface area contributed by atoms with Crippen LogP contribution in [0.15, 0.2) is 24.3 Å². The monoisotopic (exact) mass is 247 g/mol. The molecule has 72 valence electrons. The molecule has 1 rings (SSSR count). The number of hydrogen-bond acceptors (Lipinski definition) is 2. The molecule has 14 heavy (non-hydrogen) atoms. The fourth-order valence-corrected chi connectivity index (χ4v) is 1.22. The number of halogens is 3. The van der Waals surface area contributed by atoms with E-state index in [1.54, 1.807) is 12.1 Å². The Bertz CT molecular complexity index is 403. The van der Waals surface area contributed by atoms with E-state index in [0.29, 0.717) is 5.56 Å². The van der Waals surface area contributed by atoms with Gasteiger partial charge < -0.3 is 0 Å². The van der Waals surface area contributed by atoms with Gasteiger partial charge in [-0.25, -0.2) is 0 Å². The normalized spacial score (nSPS) is 10.7. The van der Waals surface area contributed by atoms with Gasteiger partial charge in [0.25, 0.3) is 3.79 Å². The lowest BCUT2D eigenvalue weighted by Gasteiger charge is -2.08. The van der Waals surface area contributed by atoms with E-state index >= 15 is 0 Å². The van der Waals surface area contributed by atoms with Crippen LogP contribution in [0.5, 0.6) is 0 Å². The summed E-state index contributed by atoms with van der Waals surface area (Å²) < 4.78 is -1.98. The Morgan fingerprint density at radius 3 is 2.50 bits per heavy atom. The summed E-state index contributed by atoms with van der Waals surface area (Å²) in [6.07, 6.45) is 0. The van der Waals surface area contributed by atoms with E-state index in [1.165, 1.54) is 12.1 Å². The molecule has 0 N–H and O–H groups in total. The maximum atomic E-state index is 11.4. The van der Waals surface area contributed by atoms with E-state index in [2.05, 4.69) is 0 Å². The molecule has 0 saturated heterocycles. The third-order valence-electron chi connectivity index (χ3n) is 1.51. The van der Waals surface area contributed by atoms with Gasteiger partial charge in [0.05, 0.1) is 11.6 Å². The average Bonchev–Trinajstić information content (AvgIpc) is 2.15. The van der Waals surface area contributed by atoms with Gasteiger partial charge in [-0.3, -0.25) is 4.79 Å². The molecule has 2 nitrogen and oxygen atoms in total. The zero-order valence-electron chi connectivity index (χ0n) is 6.80. The highest BCUT2D eigenvalue weighted by Gasteiger charge is 2.31. The van der Waals surface area contributed by atoms with Crippen LogP contribution in [-0.2, 0) is 0 Å². The number of rotatable bonds is 1. The second kappa shape index (κ2) is 4.18. The summed E-state index contributed by atoms with van der Waals surface area (Å²) in [5.74, 6) is -0.639. The molecule has 0 bridgehead atoms. The lowest BCUT2D eigenvalue weighted by Crippen LogP contribution is -2.18. The maximum Gasteiger partial charge on any atom is 0.253 e. The molecule has 0 aliphatic carbocycles. The zero-order valence-corrected chi connectivity index (χ0v) is 9.07. The fraction of sp³-hybridized carbons (Fsp3) is 0.111. The first-order valence-corrected chi connectivity index (χ1v) is 4.70. The molecule has 0 radical (unpaired) electrons. The van der Waals surface area contributed by atoms with Crippen molar-refractivity contribution in [2.24, 2.45) is 0 Å². The van der Waals surface area contributed by atoms with Crippen LogP contribution in [0.4, 0.5) is 0 Å². The molecule has 0 spiro atoms. The number of carbonyl (C=O) groups excluding carboxylic acids is 1. The Morgan fingerprint density at radius 2 is 2.00 bits per heavy atom. The summed E-state index contributed by atoms with van der Waals surface area (Å²) in [4.78, 5) is 11.4. The van der Waals surface area contributed by atoms with Crippen LogP contribution in [-0.4, -0.2) is 9.58 Å². The van der Waals surface area contributed by atoms with Gasteiger partial charge in [-0.2, -0.15) is 5.26 Å². The number of benzene rings is 1. The molecule has 0 atom stereocenters. The number of hydrogen-bond donors (Lipinski definition) is 0. The van der Waals surface area contributed by atoms with Crippen molar-refractivity contribution in [1.82, 2.24) is 0 Å². The second-order valence-electron chi connectivity index (χ2n) is 2.52. The number of carbonyl (C=O) groups is 1. The van der Waals surface area contributed by atoms with Crippen LogP contribution in [0.3, 0.4) is 0 Å². The number of nitriles is 1. The highest BCUT2D eigenvalue weighted by molar-refractivity contribution is 6.77. The van der Waals surface area contributed by atoms with Crippen LogP contribution in [0.1, 0.15) is 15.9 Å². The summed E-state index contributed by atoms with van der Waals surface area (Å²) >= 11 is 16.2. The van der Waals surface area contributed by atoms with E-state index in [-0.39, 0.29) is 5.56 Å². The Balaban J connectivity index is 3.10. The van der Waals surface area contributed by atoms with Crippen molar-refractivity contribution in [3.8, 4) is 6.07 Å². The molecule has 1 aromatic carbocycles. The van der Waals surface area contributed by atoms with Gasteiger partial charge in [0, 0.05) is 5.56 Å². The van der Waals surface area contributed by atoms with E-state index in [0.717, 1.165) is 0 Å². The Morgan fingerprint density at radius 1 is 1.36 bits per heavy atom. The number of ketones is 1. The second-order valence-corrected chi connectivity index (χ2v) is 4.80. The molecule has 1 aromatic rings. The molecular weight excluding hydrogens is 244 g/mol. The first-order chi connectivity index (χ1) is 6.45. The average molecular weight is 248 g/mol. The van der Waals surface area contributed by atoms with Crippen molar-refractivity contribution in [1.29, 1.82) is 5.26 Å². The molecule has 0 unspecified atom stereocenters. The zero-order chi connectivity index (χ0) is 10.8. The minimum absolute atomic E-state index is 0.212. The van der Waals surface area contributed by atoms with Gasteiger partial charge in [0.1, 0.15) is 0 Å². The molecule has 0 fully saturated rings. The first-order valence-electron chi connectivity index (χ1n) is 3.57. The smallest absolute Gasteiger partial charge is 0.253 e. The summed E-state index contributed by atoms with van der Waals surface area (Å²) in [6, 6.07) is 7.88. The van der Waals surface area contributed by atoms with Gasteiger partial charge in [0.2, 0.25) is 5.78 Å². The fourth-order valence-electron chi connectivity index (χ4n) is 0.894. The summed E-state index contributed by atoms with van der Waals surface area (Å²) in [6.45, 7) is 0. The van der Waals surface area contributed by atoms with E-state index in [9.17, 15) is 4.79 Å². The molecule has 5 heteroatoms. The van der Waals surface area contributed by atoms with E-state index in [4.69, 9.17) is 40.1 Å². The van der Waals surface area contributed by atoms with Crippen molar-refractivity contribution in [2.45, 2.75) is 3.79 Å². The molecule has 0 amide bonds. The molecule has 0 heterocycles. The molecule has 0 saturated carbocycles. The van der Waals surface area contributed by atoms with E-state index < -0.39 is 9.58 Å². The summed E-state index contributed by atoms with van der Waals surface area (Å²) in [5.41, 5.74) is 0.564. The molecule has 0 aliphatic heterocycles. The number of Topliss-reactive ketones (excluding diaryl/α,β-unsaturated/α-hetero) is 1. The Kier molecular flexibility index (Phi) is 3.38. The molecular formula is C9H4Cl3NO. The minimum atomic E-state index is -1.98. The number of nitrogens with zero attached hydrogens (tertiary/aromatic N) is 1. The minimum Gasteiger partial charge on any atom is -0.289 e. The predicted octanol–water partition coefficient (Wildman–Crippen LogP) is 3.11. The van der Waals surface area contributed by atoms with Gasteiger partial charge in [-0.05, 0) is 12.1 Å². The number of alkyl halides is 3. The summed E-state index contributed by atoms with van der Waals surface area (Å²) in [5, 5.41) is 8.59. The van der Waals surface area contributed by atoms with Crippen LogP contribution < -0.4 is 0 Å². The standard InChI is InChI=1S/C9H4Cl3NO/c10-9(11,12)8(14)7-3-1-2-6(4-7)5-13/h1-4H. The van der Waals surface area contributed by atoms with Crippen LogP contribution in [0.2, 0.25) is 0 Å². The van der Waals surface area contributed by atoms with Gasteiger partial charge in [-0.1, -0.05) is 46.9 Å². The first kappa shape index (κ1) is 11.3. The predicted molar refractivity (Wildman–Crippen MR) is 55.8 cm³/mol. The van der Waals surface area contributed by atoms with Gasteiger partial charge >= 0.3 is 0 Å². The lowest BCUT2D eigenvalue weighted by atomic mass is 10.1.